The van der Waals surface area contributed by atoms with E-state index >= 15 is 0 Å². The van der Waals surface area contributed by atoms with Crippen molar-refractivity contribution in [3.8, 4) is 0 Å². The second kappa shape index (κ2) is 10.2. The van der Waals surface area contributed by atoms with E-state index in [-0.39, 0.29) is 12.9 Å². The molecule has 0 fully saturated rings. The zero-order valence-electron chi connectivity index (χ0n) is 11.1. The van der Waals surface area contributed by atoms with Crippen molar-refractivity contribution in [1.29, 1.82) is 0 Å². The first-order valence-corrected chi connectivity index (χ1v) is 6.52. The minimum Gasteiger partial charge on any atom is -0.461 e. The van der Waals surface area contributed by atoms with Gasteiger partial charge in [0.05, 0.1) is 0 Å². The Morgan fingerprint density at radius 1 is 1.11 bits per heavy atom. The summed E-state index contributed by atoms with van der Waals surface area (Å²) in [5, 5.41) is 0. The minimum atomic E-state index is -0.499. The Balaban J connectivity index is 3.99. The lowest BCUT2D eigenvalue weighted by Gasteiger charge is -2.18. The van der Waals surface area contributed by atoms with Gasteiger partial charge in [-0.05, 0) is 0 Å². The van der Waals surface area contributed by atoms with Gasteiger partial charge in [0, 0.05) is 40.2 Å². The SMILES string of the molecule is COC(CCS[C@@H](COC(C)=O)OC(C)=O)OC. The molecule has 0 aromatic carbocycles. The van der Waals surface area contributed by atoms with Crippen LogP contribution in [0.2, 0.25) is 0 Å². The number of rotatable bonds is 9. The zero-order valence-corrected chi connectivity index (χ0v) is 12.0. The average molecular weight is 280 g/mol. The Labute approximate surface area is 111 Å². The molecule has 0 saturated carbocycles. The quantitative estimate of drug-likeness (QED) is 0.464. The molecule has 0 rings (SSSR count). The second-order valence-electron chi connectivity index (χ2n) is 3.40. The third-order valence-electron chi connectivity index (χ3n) is 1.90. The molecular formula is C11H20O6S. The van der Waals surface area contributed by atoms with Crippen molar-refractivity contribution in [2.75, 3.05) is 26.6 Å². The van der Waals surface area contributed by atoms with Gasteiger partial charge >= 0.3 is 11.9 Å². The van der Waals surface area contributed by atoms with Crippen LogP contribution >= 0.6 is 11.8 Å². The third-order valence-corrected chi connectivity index (χ3v) is 2.98. The topological polar surface area (TPSA) is 71.1 Å². The van der Waals surface area contributed by atoms with Gasteiger partial charge in [0.25, 0.3) is 0 Å². The molecule has 18 heavy (non-hydrogen) atoms. The first-order valence-electron chi connectivity index (χ1n) is 5.47. The van der Waals surface area contributed by atoms with E-state index in [1.807, 2.05) is 0 Å². The van der Waals surface area contributed by atoms with Crippen molar-refractivity contribution in [3.05, 3.63) is 0 Å². The van der Waals surface area contributed by atoms with Gasteiger partial charge in [-0.1, -0.05) is 0 Å². The molecule has 106 valence electrons. The Morgan fingerprint density at radius 3 is 2.17 bits per heavy atom. The summed E-state index contributed by atoms with van der Waals surface area (Å²) < 4.78 is 19.9. The molecule has 7 heteroatoms. The number of carbonyl (C=O) groups excluding carboxylic acids is 2. The standard InChI is InChI=1S/C11H20O6S/c1-8(12)16-7-11(17-9(2)13)18-6-5-10(14-3)15-4/h10-11H,5-7H2,1-4H3/t11-/m0/s1. The van der Waals surface area contributed by atoms with Crippen molar-refractivity contribution in [2.45, 2.75) is 32.0 Å². The van der Waals surface area contributed by atoms with E-state index in [1.165, 1.54) is 25.6 Å². The summed E-state index contributed by atoms with van der Waals surface area (Å²) in [4.78, 5) is 21.6. The highest BCUT2D eigenvalue weighted by Crippen LogP contribution is 2.16. The number of hydrogen-bond acceptors (Lipinski definition) is 7. The van der Waals surface area contributed by atoms with Crippen molar-refractivity contribution in [2.24, 2.45) is 0 Å². The molecule has 0 aliphatic heterocycles. The first kappa shape index (κ1) is 17.2. The van der Waals surface area contributed by atoms with Crippen molar-refractivity contribution in [1.82, 2.24) is 0 Å². The Bertz CT molecular complexity index is 254. The van der Waals surface area contributed by atoms with Crippen LogP contribution in [0.15, 0.2) is 0 Å². The Morgan fingerprint density at radius 2 is 1.72 bits per heavy atom. The molecule has 6 nitrogen and oxygen atoms in total. The van der Waals surface area contributed by atoms with E-state index in [0.717, 1.165) is 0 Å². The molecule has 0 bridgehead atoms. The van der Waals surface area contributed by atoms with Crippen LogP contribution in [0, 0.1) is 0 Å². The average Bonchev–Trinajstić information content (AvgIpc) is 2.30. The van der Waals surface area contributed by atoms with Crippen LogP contribution in [0.25, 0.3) is 0 Å². The zero-order chi connectivity index (χ0) is 14.0. The van der Waals surface area contributed by atoms with Gasteiger partial charge in [0.2, 0.25) is 0 Å². The van der Waals surface area contributed by atoms with E-state index in [0.29, 0.717) is 12.2 Å². The molecule has 0 aromatic rings. The van der Waals surface area contributed by atoms with Crippen LogP contribution in [-0.4, -0.2) is 50.2 Å². The highest BCUT2D eigenvalue weighted by Gasteiger charge is 2.15. The summed E-state index contributed by atoms with van der Waals surface area (Å²) in [7, 11) is 3.11. The molecule has 0 saturated heterocycles. The van der Waals surface area contributed by atoms with Crippen LogP contribution in [0.3, 0.4) is 0 Å². The van der Waals surface area contributed by atoms with E-state index in [2.05, 4.69) is 0 Å². The van der Waals surface area contributed by atoms with Crippen LogP contribution in [0.4, 0.5) is 0 Å². The van der Waals surface area contributed by atoms with Gasteiger partial charge in [-0.3, -0.25) is 9.59 Å². The molecule has 0 heterocycles. The summed E-state index contributed by atoms with van der Waals surface area (Å²) in [6.07, 6.45) is 0.361. The van der Waals surface area contributed by atoms with Crippen LogP contribution in [-0.2, 0) is 28.5 Å². The van der Waals surface area contributed by atoms with Gasteiger partial charge in [0.15, 0.2) is 11.7 Å². The number of carbonyl (C=O) groups is 2. The first-order chi connectivity index (χ1) is 8.49. The van der Waals surface area contributed by atoms with Crippen molar-refractivity contribution < 1.29 is 28.5 Å². The van der Waals surface area contributed by atoms with Crippen LogP contribution in [0.5, 0.6) is 0 Å². The molecule has 0 amide bonds. The molecule has 0 N–H and O–H groups in total. The molecule has 1 atom stereocenters. The lowest BCUT2D eigenvalue weighted by Crippen LogP contribution is -2.22. The maximum absolute atomic E-state index is 10.9. The van der Waals surface area contributed by atoms with Gasteiger partial charge in [-0.25, -0.2) is 0 Å². The number of thioether (sulfide) groups is 1. The van der Waals surface area contributed by atoms with Gasteiger partial charge in [0.1, 0.15) is 6.61 Å². The smallest absolute Gasteiger partial charge is 0.303 e. The number of ether oxygens (including phenoxy) is 4. The highest BCUT2D eigenvalue weighted by atomic mass is 32.2. The lowest BCUT2D eigenvalue weighted by atomic mass is 10.5. The van der Waals surface area contributed by atoms with Crippen molar-refractivity contribution in [3.63, 3.8) is 0 Å². The van der Waals surface area contributed by atoms with Crippen LogP contribution < -0.4 is 0 Å². The molecule has 0 aromatic heterocycles. The third kappa shape index (κ3) is 9.26. The largest absolute Gasteiger partial charge is 0.461 e. The van der Waals surface area contributed by atoms with Gasteiger partial charge in [-0.2, -0.15) is 0 Å². The predicted molar refractivity (Wildman–Crippen MR) is 67.1 cm³/mol. The fraction of sp³-hybridized carbons (Fsp3) is 0.818. The number of methoxy groups -OCH3 is 2. The molecule has 0 spiro atoms. The maximum Gasteiger partial charge on any atom is 0.303 e. The summed E-state index contributed by atoms with van der Waals surface area (Å²) in [5.41, 5.74) is -0.499. The summed E-state index contributed by atoms with van der Waals surface area (Å²) in [6, 6.07) is 0. The molecule has 0 aliphatic rings. The lowest BCUT2D eigenvalue weighted by molar-refractivity contribution is -0.151. The highest BCUT2D eigenvalue weighted by molar-refractivity contribution is 7.99. The number of hydrogen-bond donors (Lipinski definition) is 0. The maximum atomic E-state index is 10.9. The Kier molecular flexibility index (Phi) is 9.72. The molecule has 0 radical (unpaired) electrons. The monoisotopic (exact) mass is 280 g/mol. The van der Waals surface area contributed by atoms with E-state index in [1.54, 1.807) is 14.2 Å². The predicted octanol–water partition coefficient (Wildman–Crippen LogP) is 1.18. The molecule has 0 unspecified atom stereocenters. The van der Waals surface area contributed by atoms with E-state index in [9.17, 15) is 9.59 Å². The fourth-order valence-electron chi connectivity index (χ4n) is 1.11. The normalized spacial score (nSPS) is 12.3. The van der Waals surface area contributed by atoms with E-state index in [4.69, 9.17) is 18.9 Å². The van der Waals surface area contributed by atoms with E-state index < -0.39 is 17.4 Å². The Hall–Kier alpha value is -0.790. The summed E-state index contributed by atoms with van der Waals surface area (Å²) in [6.45, 7) is 2.67. The van der Waals surface area contributed by atoms with Gasteiger partial charge < -0.3 is 18.9 Å². The number of esters is 2. The van der Waals surface area contributed by atoms with Gasteiger partial charge in [-0.15, -0.1) is 11.8 Å². The van der Waals surface area contributed by atoms with Crippen molar-refractivity contribution >= 4 is 23.7 Å². The summed E-state index contributed by atoms with van der Waals surface area (Å²) >= 11 is 1.37. The fourth-order valence-corrected chi connectivity index (χ4v) is 2.07. The molecule has 0 aliphatic carbocycles. The summed E-state index contributed by atoms with van der Waals surface area (Å²) in [5.74, 6) is -0.153. The second-order valence-corrected chi connectivity index (χ2v) is 4.67. The van der Waals surface area contributed by atoms with Crippen LogP contribution in [0.1, 0.15) is 20.3 Å². The minimum absolute atomic E-state index is 0.0458. The molecular weight excluding hydrogens is 260 g/mol.